The van der Waals surface area contributed by atoms with Gasteiger partial charge in [-0.3, -0.25) is 0 Å². The summed E-state index contributed by atoms with van der Waals surface area (Å²) in [6.45, 7) is 0.0774. The van der Waals surface area contributed by atoms with Crippen molar-refractivity contribution in [2.45, 2.75) is 44.6 Å². The molecule has 1 saturated heterocycles. The van der Waals surface area contributed by atoms with Gasteiger partial charge in [-0.25, -0.2) is 13.8 Å². The maximum Gasteiger partial charge on any atom is 0.272 e. The molecular weight excluding hydrogens is 320 g/mol. The molecule has 8 heteroatoms. The van der Waals surface area contributed by atoms with Crippen molar-refractivity contribution in [3.05, 3.63) is 24.2 Å². The molecule has 1 unspecified atom stereocenters. The summed E-state index contributed by atoms with van der Waals surface area (Å²) in [5.41, 5.74) is 0.432. The second-order valence-corrected chi connectivity index (χ2v) is 5.60. The van der Waals surface area contributed by atoms with Gasteiger partial charge in [0.05, 0.1) is 11.7 Å². The summed E-state index contributed by atoms with van der Waals surface area (Å²) in [6, 6.07) is 3.32. The zero-order chi connectivity index (χ0) is 16.8. The molecule has 0 amide bonds. The van der Waals surface area contributed by atoms with E-state index in [-0.39, 0.29) is 17.8 Å². The predicted molar refractivity (Wildman–Crippen MR) is 80.9 cm³/mol. The summed E-state index contributed by atoms with van der Waals surface area (Å²) in [4.78, 5) is 8.27. The Morgan fingerprint density at radius 1 is 1.33 bits per heavy atom. The van der Waals surface area contributed by atoms with E-state index in [9.17, 15) is 8.78 Å². The van der Waals surface area contributed by atoms with E-state index in [0.29, 0.717) is 17.9 Å². The number of rotatable bonds is 7. The van der Waals surface area contributed by atoms with E-state index >= 15 is 0 Å². The number of alkyl halides is 2. The monoisotopic (exact) mass is 339 g/mol. The van der Waals surface area contributed by atoms with Crippen LogP contribution in [0.25, 0.3) is 11.4 Å². The minimum absolute atomic E-state index is 0.0702. The van der Waals surface area contributed by atoms with Crippen LogP contribution in [0.5, 0.6) is 5.88 Å². The molecular formula is C16H19F2N3O3. The maximum absolute atomic E-state index is 12.3. The summed E-state index contributed by atoms with van der Waals surface area (Å²) >= 11 is 0. The molecule has 0 N–H and O–H groups in total. The Morgan fingerprint density at radius 3 is 3.04 bits per heavy atom. The highest BCUT2D eigenvalue weighted by Gasteiger charge is 2.18. The molecule has 1 fully saturated rings. The van der Waals surface area contributed by atoms with Crippen molar-refractivity contribution in [3.63, 3.8) is 0 Å². The van der Waals surface area contributed by atoms with Gasteiger partial charge < -0.3 is 14.0 Å². The summed E-state index contributed by atoms with van der Waals surface area (Å²) in [6.07, 6.45) is 3.91. The van der Waals surface area contributed by atoms with Crippen molar-refractivity contribution in [1.82, 2.24) is 15.1 Å². The van der Waals surface area contributed by atoms with E-state index in [1.807, 2.05) is 0 Å². The fourth-order valence-corrected chi connectivity index (χ4v) is 2.60. The van der Waals surface area contributed by atoms with Gasteiger partial charge in [0.15, 0.2) is 6.61 Å². The highest BCUT2D eigenvalue weighted by molar-refractivity contribution is 5.60. The molecule has 0 aliphatic carbocycles. The Morgan fingerprint density at radius 2 is 2.25 bits per heavy atom. The van der Waals surface area contributed by atoms with Gasteiger partial charge in [-0.05, 0) is 37.8 Å². The van der Waals surface area contributed by atoms with Crippen molar-refractivity contribution in [3.8, 4) is 17.3 Å². The topological polar surface area (TPSA) is 70.3 Å². The standard InChI is InChI=1S/C16H19F2N3O3/c17-13(18)10-23-16-12(5-3-8-19-16)15-20-14(24-21-15)7-6-11-4-1-2-9-22-11/h3,5,8,11,13H,1-2,4,6-7,9-10H2. The molecule has 0 radical (unpaired) electrons. The van der Waals surface area contributed by atoms with E-state index in [1.54, 1.807) is 12.1 Å². The van der Waals surface area contributed by atoms with Gasteiger partial charge in [0, 0.05) is 19.2 Å². The number of ether oxygens (including phenoxy) is 2. The third-order valence-corrected chi connectivity index (χ3v) is 3.78. The van der Waals surface area contributed by atoms with Crippen molar-refractivity contribution in [2.75, 3.05) is 13.2 Å². The normalized spacial score (nSPS) is 18.0. The van der Waals surface area contributed by atoms with Gasteiger partial charge in [-0.2, -0.15) is 4.98 Å². The van der Waals surface area contributed by atoms with Gasteiger partial charge in [-0.1, -0.05) is 5.16 Å². The Balaban J connectivity index is 1.64. The van der Waals surface area contributed by atoms with Crippen LogP contribution in [0, 0.1) is 0 Å². The minimum Gasteiger partial charge on any atom is -0.471 e. The molecule has 1 aliphatic heterocycles. The Bertz CT molecular complexity index is 645. The largest absolute Gasteiger partial charge is 0.471 e. The first kappa shape index (κ1) is 16.8. The minimum atomic E-state index is -2.57. The van der Waals surface area contributed by atoms with E-state index in [2.05, 4.69) is 15.1 Å². The fourth-order valence-electron chi connectivity index (χ4n) is 2.60. The zero-order valence-corrected chi connectivity index (χ0v) is 13.2. The predicted octanol–water partition coefficient (Wildman–Crippen LogP) is 3.28. The quantitative estimate of drug-likeness (QED) is 0.771. The number of halogens is 2. The molecule has 6 nitrogen and oxygen atoms in total. The summed E-state index contributed by atoms with van der Waals surface area (Å²) < 4.78 is 40.6. The molecule has 2 aromatic heterocycles. The van der Waals surface area contributed by atoms with E-state index in [1.165, 1.54) is 12.6 Å². The summed E-state index contributed by atoms with van der Waals surface area (Å²) in [5.74, 6) is 0.843. The lowest BCUT2D eigenvalue weighted by Gasteiger charge is -2.21. The van der Waals surface area contributed by atoms with Crippen LogP contribution in [-0.4, -0.2) is 40.9 Å². The van der Waals surface area contributed by atoms with Crippen LogP contribution in [0.15, 0.2) is 22.9 Å². The van der Waals surface area contributed by atoms with Crippen molar-refractivity contribution in [2.24, 2.45) is 0 Å². The number of aromatic nitrogens is 3. The third-order valence-electron chi connectivity index (χ3n) is 3.78. The highest BCUT2D eigenvalue weighted by atomic mass is 19.3. The lowest BCUT2D eigenvalue weighted by molar-refractivity contribution is 0.0104. The first-order valence-corrected chi connectivity index (χ1v) is 8.03. The van der Waals surface area contributed by atoms with Crippen LogP contribution in [0.2, 0.25) is 0 Å². The molecule has 1 aliphatic rings. The molecule has 0 spiro atoms. The van der Waals surface area contributed by atoms with Crippen LogP contribution >= 0.6 is 0 Å². The van der Waals surface area contributed by atoms with Crippen LogP contribution in [0.1, 0.15) is 31.6 Å². The van der Waals surface area contributed by atoms with Gasteiger partial charge >= 0.3 is 0 Å². The van der Waals surface area contributed by atoms with E-state index in [4.69, 9.17) is 14.0 Å². The maximum atomic E-state index is 12.3. The van der Waals surface area contributed by atoms with Gasteiger partial charge in [0.1, 0.15) is 0 Å². The van der Waals surface area contributed by atoms with Gasteiger partial charge in [0.25, 0.3) is 6.43 Å². The highest BCUT2D eigenvalue weighted by Crippen LogP contribution is 2.26. The number of pyridine rings is 1. The van der Waals surface area contributed by atoms with Gasteiger partial charge in [-0.15, -0.1) is 0 Å². The molecule has 1 atom stereocenters. The van der Waals surface area contributed by atoms with Crippen LogP contribution in [-0.2, 0) is 11.2 Å². The number of hydrogen-bond acceptors (Lipinski definition) is 6. The fraction of sp³-hybridized carbons (Fsp3) is 0.562. The Kier molecular flexibility index (Phi) is 5.68. The third kappa shape index (κ3) is 4.47. The van der Waals surface area contributed by atoms with Crippen LogP contribution < -0.4 is 4.74 Å². The van der Waals surface area contributed by atoms with Crippen LogP contribution in [0.3, 0.4) is 0 Å². The smallest absolute Gasteiger partial charge is 0.272 e. The first-order chi connectivity index (χ1) is 11.7. The molecule has 2 aromatic rings. The first-order valence-electron chi connectivity index (χ1n) is 8.03. The molecule has 24 heavy (non-hydrogen) atoms. The molecule has 0 bridgehead atoms. The van der Waals surface area contributed by atoms with Crippen LogP contribution in [0.4, 0.5) is 8.78 Å². The lowest BCUT2D eigenvalue weighted by atomic mass is 10.0. The number of hydrogen-bond donors (Lipinski definition) is 0. The number of nitrogens with zero attached hydrogens (tertiary/aromatic N) is 3. The van der Waals surface area contributed by atoms with Gasteiger partial charge in [0.2, 0.25) is 17.6 Å². The Labute approximate surface area is 138 Å². The second kappa shape index (κ2) is 8.14. The average molecular weight is 339 g/mol. The van der Waals surface area contributed by atoms with E-state index < -0.39 is 13.0 Å². The van der Waals surface area contributed by atoms with Crippen molar-refractivity contribution >= 4 is 0 Å². The molecule has 0 saturated carbocycles. The molecule has 0 aromatic carbocycles. The average Bonchev–Trinajstić information content (AvgIpc) is 3.08. The summed E-state index contributed by atoms with van der Waals surface area (Å²) in [7, 11) is 0. The molecule has 130 valence electrons. The molecule has 3 heterocycles. The molecule has 3 rings (SSSR count). The zero-order valence-electron chi connectivity index (χ0n) is 13.2. The second-order valence-electron chi connectivity index (χ2n) is 5.60. The van der Waals surface area contributed by atoms with Crippen molar-refractivity contribution in [1.29, 1.82) is 0 Å². The number of aryl methyl sites for hydroxylation is 1. The van der Waals surface area contributed by atoms with Crippen molar-refractivity contribution < 1.29 is 22.8 Å². The summed E-state index contributed by atoms with van der Waals surface area (Å²) in [5, 5.41) is 3.90. The van der Waals surface area contributed by atoms with E-state index in [0.717, 1.165) is 25.9 Å². The SMILES string of the molecule is FC(F)COc1ncccc1-c1noc(CCC2CCCCO2)n1. The lowest BCUT2D eigenvalue weighted by Crippen LogP contribution is -2.19. The Hall–Kier alpha value is -2.09.